The van der Waals surface area contributed by atoms with Crippen molar-refractivity contribution in [2.45, 2.75) is 57.7 Å². The molecule has 2 aliphatic rings. The quantitative estimate of drug-likeness (QED) is 0.132. The summed E-state index contributed by atoms with van der Waals surface area (Å²) in [4.78, 5) is 28.5. The molecule has 3 atom stereocenters. The molecule has 1 aromatic rings. The van der Waals surface area contributed by atoms with Gasteiger partial charge in [0.25, 0.3) is 16.5 Å². The van der Waals surface area contributed by atoms with Gasteiger partial charge in [-0.3, -0.25) is 4.84 Å². The van der Waals surface area contributed by atoms with Crippen molar-refractivity contribution in [2.24, 2.45) is 5.28 Å². The Hall–Kier alpha value is -3.92. The third-order valence-electron chi connectivity index (χ3n) is 5.15. The Labute approximate surface area is 203 Å². The summed E-state index contributed by atoms with van der Waals surface area (Å²) in [5.41, 5.74) is -1.53. The van der Waals surface area contributed by atoms with Crippen LogP contribution in [0.2, 0.25) is 0 Å². The molecule has 0 aliphatic carbocycles. The van der Waals surface area contributed by atoms with Gasteiger partial charge in [-0.25, -0.2) is 14.8 Å². The highest BCUT2D eigenvalue weighted by Gasteiger charge is 2.49. The van der Waals surface area contributed by atoms with Crippen LogP contribution in [0.3, 0.4) is 0 Å². The number of esters is 1. The molecule has 3 rings (SSSR count). The molecule has 2 heterocycles. The molecule has 17 heteroatoms. The Bertz CT molecular complexity index is 1120. The van der Waals surface area contributed by atoms with E-state index in [9.17, 15) is 41.1 Å². The maximum Gasteiger partial charge on any atom is 0.573 e. The summed E-state index contributed by atoms with van der Waals surface area (Å²) in [6, 6.07) is 0.454. The van der Waals surface area contributed by atoms with Crippen LogP contribution in [0.15, 0.2) is 23.0 Å². The number of carbonyl (C=O) groups is 2. The van der Waals surface area contributed by atoms with E-state index in [1.54, 1.807) is 0 Å². The molecule has 11 nitrogen and oxygen atoms in total. The van der Waals surface area contributed by atoms with Gasteiger partial charge in [0.1, 0.15) is 11.5 Å². The third kappa shape index (κ3) is 6.65. The summed E-state index contributed by atoms with van der Waals surface area (Å²) in [5, 5.41) is 23.1. The second-order valence-corrected chi connectivity index (χ2v) is 7.93. The molecule has 0 aromatic heterocycles. The van der Waals surface area contributed by atoms with Crippen molar-refractivity contribution in [3.8, 4) is 11.5 Å². The molecule has 2 N–H and O–H groups in total. The Morgan fingerprint density at radius 2 is 1.92 bits per heavy atom. The van der Waals surface area contributed by atoms with Crippen LogP contribution < -0.4 is 9.47 Å². The molecule has 1 aromatic carbocycles. The first-order chi connectivity index (χ1) is 17.1. The molecule has 1 fully saturated rings. The lowest BCUT2D eigenvalue weighted by Gasteiger charge is -2.29. The fourth-order valence-electron chi connectivity index (χ4n) is 3.67. The van der Waals surface area contributed by atoms with E-state index >= 15 is 0 Å². The molecular weight excluding hydrogens is 524 g/mol. The van der Waals surface area contributed by atoms with Crippen LogP contribution in [-0.2, 0) is 19.2 Å². The van der Waals surface area contributed by atoms with E-state index in [0.29, 0.717) is 12.5 Å². The van der Waals surface area contributed by atoms with Crippen molar-refractivity contribution in [1.29, 1.82) is 0 Å². The highest BCUT2D eigenvalue weighted by Crippen LogP contribution is 2.41. The summed E-state index contributed by atoms with van der Waals surface area (Å²) in [6.45, 7) is 2.33. The standard InChI is InChI=1S/C20H19F6N3O8/c1-9-6-12(36-20(24,25)26)7-11-8-13(16(19(21,22)23)35-15(9)11)18(32)34-10(2)37-27-29(33)28-5-3-4-14(28)17(30)31/h6-8,10,14,16H,3-5H2,1-2H3,(H-,27,30,31,33)/p+1/t10?,14-,16-/m0/s1. The van der Waals surface area contributed by atoms with Crippen LogP contribution in [-0.4, -0.2) is 69.8 Å². The number of alkyl halides is 6. The lowest BCUT2D eigenvalue weighted by Crippen LogP contribution is -2.42. The van der Waals surface area contributed by atoms with E-state index in [1.165, 1.54) is 6.92 Å². The maximum absolute atomic E-state index is 13.7. The molecule has 0 radical (unpaired) electrons. The summed E-state index contributed by atoms with van der Waals surface area (Å²) in [7, 11) is 0. The molecule has 1 saturated heterocycles. The number of carboxylic acids is 1. The maximum atomic E-state index is 13.7. The lowest BCUT2D eigenvalue weighted by atomic mass is 9.99. The molecule has 0 bridgehead atoms. The highest BCUT2D eigenvalue weighted by atomic mass is 19.4. The minimum absolute atomic E-state index is 0.0683. The zero-order valence-electron chi connectivity index (χ0n) is 19.0. The van der Waals surface area contributed by atoms with Crippen molar-refractivity contribution < 1.29 is 70.3 Å². The van der Waals surface area contributed by atoms with E-state index in [-0.39, 0.29) is 29.1 Å². The van der Waals surface area contributed by atoms with E-state index in [0.717, 1.165) is 24.1 Å². The second-order valence-electron chi connectivity index (χ2n) is 7.93. The number of nitrogens with zero attached hydrogens (tertiary/aromatic N) is 3. The summed E-state index contributed by atoms with van der Waals surface area (Å²) < 4.78 is 92.2. The zero-order valence-corrected chi connectivity index (χ0v) is 19.0. The van der Waals surface area contributed by atoms with Crippen molar-refractivity contribution in [2.75, 3.05) is 6.54 Å². The smallest absolute Gasteiger partial charge is 0.480 e. The van der Waals surface area contributed by atoms with Gasteiger partial charge in [-0.2, -0.15) is 13.2 Å². The zero-order chi connectivity index (χ0) is 27.7. The van der Waals surface area contributed by atoms with Crippen LogP contribution >= 0.6 is 0 Å². The van der Waals surface area contributed by atoms with Gasteiger partial charge >= 0.3 is 24.5 Å². The van der Waals surface area contributed by atoms with E-state index < -0.39 is 60.0 Å². The first-order valence-corrected chi connectivity index (χ1v) is 10.5. The molecule has 0 saturated carbocycles. The Morgan fingerprint density at radius 1 is 1.24 bits per heavy atom. The number of aryl methyl sites for hydroxylation is 1. The molecule has 0 spiro atoms. The second kappa shape index (κ2) is 10.2. The first kappa shape index (κ1) is 27.7. The van der Waals surface area contributed by atoms with E-state index in [2.05, 4.69) is 10.0 Å². The average molecular weight is 544 g/mol. The molecular formula is C20H20F6N3O8+. The van der Waals surface area contributed by atoms with E-state index in [4.69, 9.17) is 19.4 Å². The Morgan fingerprint density at radius 3 is 2.51 bits per heavy atom. The Kier molecular flexibility index (Phi) is 7.64. The number of rotatable bonds is 7. The third-order valence-corrected chi connectivity index (χ3v) is 5.15. The van der Waals surface area contributed by atoms with Crippen molar-refractivity contribution in [1.82, 2.24) is 5.01 Å². The molecule has 37 heavy (non-hydrogen) atoms. The van der Waals surface area contributed by atoms with Gasteiger partial charge in [-0.05, 0) is 43.5 Å². The Balaban J connectivity index is 1.81. The van der Waals surface area contributed by atoms with Crippen LogP contribution in [0, 0.1) is 6.92 Å². The predicted molar refractivity (Wildman–Crippen MR) is 105 cm³/mol. The molecule has 2 aliphatic heterocycles. The SMILES string of the molecule is Cc1cc(OC(F)(F)F)cc2c1O[C@H](C(F)(F)F)C(C(=O)OC(C)O/N=[N+](\O)N1CCC[C@H]1C(=O)O)=C2. The number of carbonyl (C=O) groups excluding carboxylic acids is 1. The van der Waals surface area contributed by atoms with Crippen LogP contribution in [0.25, 0.3) is 6.08 Å². The molecule has 0 amide bonds. The average Bonchev–Trinajstić information content (AvgIpc) is 3.25. The molecule has 1 unspecified atom stereocenters. The summed E-state index contributed by atoms with van der Waals surface area (Å²) in [5.74, 6) is -4.01. The fraction of sp³-hybridized carbons (Fsp3) is 0.500. The highest BCUT2D eigenvalue weighted by molar-refractivity contribution is 5.96. The number of carboxylic acid groups (broad SMARTS) is 1. The van der Waals surface area contributed by atoms with Gasteiger partial charge in [0, 0.05) is 12.5 Å². The van der Waals surface area contributed by atoms with Gasteiger partial charge in [0.15, 0.2) is 6.04 Å². The number of aliphatic carboxylic acids is 1. The van der Waals surface area contributed by atoms with Crippen LogP contribution in [0.5, 0.6) is 11.5 Å². The number of hydrazine groups is 1. The van der Waals surface area contributed by atoms with Crippen molar-refractivity contribution >= 4 is 18.0 Å². The predicted octanol–water partition coefficient (Wildman–Crippen LogP) is 3.74. The fourth-order valence-corrected chi connectivity index (χ4v) is 3.67. The first-order valence-electron chi connectivity index (χ1n) is 10.5. The largest absolute Gasteiger partial charge is 0.573 e. The summed E-state index contributed by atoms with van der Waals surface area (Å²) >= 11 is 0. The van der Waals surface area contributed by atoms with Crippen LogP contribution in [0.4, 0.5) is 26.3 Å². The number of fused-ring (bicyclic) bond motifs is 1. The van der Waals surface area contributed by atoms with E-state index in [1.807, 2.05) is 0 Å². The monoisotopic (exact) mass is 544 g/mol. The number of benzene rings is 1. The van der Waals surface area contributed by atoms with Crippen LogP contribution in [0.1, 0.15) is 30.9 Å². The number of halogens is 6. The van der Waals surface area contributed by atoms with Crippen molar-refractivity contribution in [3.63, 3.8) is 0 Å². The normalized spacial score (nSPS) is 20.9. The minimum atomic E-state index is -5.12. The van der Waals surface area contributed by atoms with Gasteiger partial charge in [0.05, 0.1) is 12.1 Å². The number of hydrogen-bond donors (Lipinski definition) is 2. The van der Waals surface area contributed by atoms with Gasteiger partial charge < -0.3 is 19.3 Å². The van der Waals surface area contributed by atoms with Gasteiger partial charge in [-0.15, -0.1) is 13.2 Å². The lowest BCUT2D eigenvalue weighted by molar-refractivity contribution is -0.942. The number of ether oxygens (including phenoxy) is 3. The number of hydrogen-bond acceptors (Lipinski definition) is 7. The summed E-state index contributed by atoms with van der Waals surface area (Å²) in [6.07, 6.45) is -13.4. The van der Waals surface area contributed by atoms with Crippen molar-refractivity contribution in [3.05, 3.63) is 28.8 Å². The molecule has 204 valence electrons. The van der Waals surface area contributed by atoms with Gasteiger partial charge in [0.2, 0.25) is 6.10 Å². The topological polar surface area (TPSA) is 130 Å². The van der Waals surface area contributed by atoms with Gasteiger partial charge in [-0.1, -0.05) is 5.01 Å². The minimum Gasteiger partial charge on any atom is -0.480 e.